The van der Waals surface area contributed by atoms with Crippen molar-refractivity contribution in [2.24, 2.45) is 10.2 Å². The van der Waals surface area contributed by atoms with Crippen molar-refractivity contribution in [2.75, 3.05) is 5.32 Å². The van der Waals surface area contributed by atoms with Crippen molar-refractivity contribution in [1.82, 2.24) is 0 Å². The highest BCUT2D eigenvalue weighted by Crippen LogP contribution is 2.25. The molecule has 1 unspecified atom stereocenters. The third kappa shape index (κ3) is 4.10. The summed E-state index contributed by atoms with van der Waals surface area (Å²) in [7, 11) is 0. The van der Waals surface area contributed by atoms with Crippen LogP contribution in [0.3, 0.4) is 0 Å². The zero-order valence-electron chi connectivity index (χ0n) is 12.2. The normalized spacial score (nSPS) is 12.3. The second-order valence-corrected chi connectivity index (χ2v) is 4.79. The van der Waals surface area contributed by atoms with Crippen LogP contribution in [0.15, 0.2) is 52.7 Å². The minimum atomic E-state index is -0.633. The van der Waals surface area contributed by atoms with Crippen LogP contribution in [0.1, 0.15) is 12.5 Å². The predicted molar refractivity (Wildman–Crippen MR) is 83.8 cm³/mol. The number of azo groups is 1. The summed E-state index contributed by atoms with van der Waals surface area (Å²) in [5.74, 6) is 0. The number of nitro benzene ring substituents is 1. The second kappa shape index (κ2) is 6.77. The molecule has 0 fully saturated rings. The quantitative estimate of drug-likeness (QED) is 0.376. The van der Waals surface area contributed by atoms with Gasteiger partial charge in [-0.3, -0.25) is 10.1 Å². The van der Waals surface area contributed by atoms with E-state index in [1.54, 1.807) is 13.0 Å². The first-order valence-electron chi connectivity index (χ1n) is 6.67. The molecule has 2 N–H and O–H groups in total. The van der Waals surface area contributed by atoms with E-state index >= 15 is 0 Å². The molecule has 0 saturated carbocycles. The van der Waals surface area contributed by atoms with Crippen LogP contribution < -0.4 is 5.32 Å². The summed E-state index contributed by atoms with van der Waals surface area (Å²) in [4.78, 5) is 10.1. The van der Waals surface area contributed by atoms with Gasteiger partial charge in [-0.05, 0) is 49.7 Å². The van der Waals surface area contributed by atoms with Crippen molar-refractivity contribution in [3.63, 3.8) is 0 Å². The van der Waals surface area contributed by atoms with Crippen molar-refractivity contribution in [3.05, 3.63) is 58.1 Å². The number of rotatable bonds is 5. The number of nitro groups is 1. The number of nitrogens with one attached hydrogen (secondary N) is 1. The molecule has 22 heavy (non-hydrogen) atoms. The predicted octanol–water partition coefficient (Wildman–Crippen LogP) is 4.07. The van der Waals surface area contributed by atoms with Crippen LogP contribution in [-0.2, 0) is 0 Å². The lowest BCUT2D eigenvalue weighted by Crippen LogP contribution is -2.13. The van der Waals surface area contributed by atoms with Crippen LogP contribution in [0.2, 0.25) is 0 Å². The van der Waals surface area contributed by atoms with Crippen molar-refractivity contribution >= 4 is 22.7 Å². The van der Waals surface area contributed by atoms with Crippen molar-refractivity contribution < 1.29 is 10.0 Å². The minimum absolute atomic E-state index is 0.0170. The first-order valence-corrected chi connectivity index (χ1v) is 6.67. The van der Waals surface area contributed by atoms with Crippen LogP contribution in [0, 0.1) is 17.0 Å². The fourth-order valence-corrected chi connectivity index (χ4v) is 1.85. The number of non-ortho nitro benzene ring substituents is 1. The SMILES string of the molecule is Cc1cc(N=Nc2ccc([N+](=O)[O-])cc2)ccc1NC(C)O. The topological polar surface area (TPSA) is 100 Å². The largest absolute Gasteiger partial charge is 0.374 e. The Labute approximate surface area is 127 Å². The maximum atomic E-state index is 10.6. The molecule has 0 saturated heterocycles. The maximum absolute atomic E-state index is 10.6. The van der Waals surface area contributed by atoms with Crippen molar-refractivity contribution in [2.45, 2.75) is 20.1 Å². The lowest BCUT2D eigenvalue weighted by molar-refractivity contribution is -0.384. The highest BCUT2D eigenvalue weighted by Gasteiger charge is 2.04. The Kier molecular flexibility index (Phi) is 4.80. The van der Waals surface area contributed by atoms with Gasteiger partial charge in [0.2, 0.25) is 0 Å². The average Bonchev–Trinajstić information content (AvgIpc) is 2.47. The molecular weight excluding hydrogens is 284 g/mol. The number of benzene rings is 2. The summed E-state index contributed by atoms with van der Waals surface area (Å²) in [5, 5.41) is 30.9. The van der Waals surface area contributed by atoms with Crippen LogP contribution in [0.25, 0.3) is 0 Å². The molecule has 0 aliphatic carbocycles. The third-order valence-electron chi connectivity index (χ3n) is 2.92. The van der Waals surface area contributed by atoms with Gasteiger partial charge in [-0.25, -0.2) is 0 Å². The lowest BCUT2D eigenvalue weighted by atomic mass is 10.2. The molecule has 0 amide bonds. The fourth-order valence-electron chi connectivity index (χ4n) is 1.85. The monoisotopic (exact) mass is 300 g/mol. The Morgan fingerprint density at radius 3 is 2.27 bits per heavy atom. The van der Waals surface area contributed by atoms with Crippen LogP contribution in [-0.4, -0.2) is 16.3 Å². The third-order valence-corrected chi connectivity index (χ3v) is 2.92. The van der Waals surface area contributed by atoms with Crippen molar-refractivity contribution in [3.8, 4) is 0 Å². The standard InChI is InChI=1S/C15H16N4O3/c1-10-9-13(5-8-15(10)16-11(2)20)18-17-12-3-6-14(7-4-12)19(21)22/h3-9,11,16,20H,1-2H3. The van der Waals surface area contributed by atoms with E-state index in [2.05, 4.69) is 15.5 Å². The Morgan fingerprint density at radius 2 is 1.73 bits per heavy atom. The maximum Gasteiger partial charge on any atom is 0.269 e. The smallest absolute Gasteiger partial charge is 0.269 e. The van der Waals surface area contributed by atoms with E-state index in [-0.39, 0.29) is 5.69 Å². The number of nitrogens with zero attached hydrogens (tertiary/aromatic N) is 3. The number of anilines is 1. The molecule has 0 aliphatic heterocycles. The van der Waals surface area contributed by atoms with Crippen LogP contribution in [0.4, 0.5) is 22.7 Å². The molecule has 2 aromatic carbocycles. The van der Waals surface area contributed by atoms with Gasteiger partial charge in [-0.1, -0.05) is 0 Å². The minimum Gasteiger partial charge on any atom is -0.374 e. The summed E-state index contributed by atoms with van der Waals surface area (Å²) >= 11 is 0. The molecule has 0 aromatic heterocycles. The van der Waals surface area contributed by atoms with Gasteiger partial charge in [0.15, 0.2) is 0 Å². The van der Waals surface area contributed by atoms with Gasteiger partial charge in [0, 0.05) is 17.8 Å². The number of aliphatic hydroxyl groups is 1. The molecule has 7 nitrogen and oxygen atoms in total. The molecule has 0 aliphatic rings. The molecule has 114 valence electrons. The Hall–Kier alpha value is -2.80. The first kappa shape index (κ1) is 15.6. The second-order valence-electron chi connectivity index (χ2n) is 4.79. The number of hydrogen-bond donors (Lipinski definition) is 2. The summed E-state index contributed by atoms with van der Waals surface area (Å²) < 4.78 is 0. The van der Waals surface area contributed by atoms with E-state index in [1.807, 2.05) is 19.1 Å². The molecule has 7 heteroatoms. The van der Waals surface area contributed by atoms with E-state index < -0.39 is 11.2 Å². The van der Waals surface area contributed by atoms with E-state index in [1.165, 1.54) is 24.3 Å². The number of aliphatic hydroxyl groups excluding tert-OH is 1. The summed E-state index contributed by atoms with van der Waals surface area (Å²) in [5.41, 5.74) is 2.97. The molecule has 2 aromatic rings. The molecule has 0 spiro atoms. The van der Waals surface area contributed by atoms with Gasteiger partial charge in [-0.15, -0.1) is 0 Å². The van der Waals surface area contributed by atoms with E-state index in [0.717, 1.165) is 11.3 Å². The van der Waals surface area contributed by atoms with Gasteiger partial charge in [0.1, 0.15) is 6.23 Å². The summed E-state index contributed by atoms with van der Waals surface area (Å²) in [6.45, 7) is 3.54. The molecule has 0 radical (unpaired) electrons. The fraction of sp³-hybridized carbons (Fsp3) is 0.200. The highest BCUT2D eigenvalue weighted by atomic mass is 16.6. The van der Waals surface area contributed by atoms with Gasteiger partial charge in [0.25, 0.3) is 5.69 Å². The number of aryl methyl sites for hydroxylation is 1. The van der Waals surface area contributed by atoms with Crippen molar-refractivity contribution in [1.29, 1.82) is 0 Å². The van der Waals surface area contributed by atoms with Gasteiger partial charge in [-0.2, -0.15) is 10.2 Å². The van der Waals surface area contributed by atoms with Crippen LogP contribution >= 0.6 is 0 Å². The molecule has 0 bridgehead atoms. The van der Waals surface area contributed by atoms with Gasteiger partial charge in [0.05, 0.1) is 16.3 Å². The summed E-state index contributed by atoms with van der Waals surface area (Å²) in [6, 6.07) is 11.3. The van der Waals surface area contributed by atoms with Gasteiger partial charge >= 0.3 is 0 Å². The lowest BCUT2D eigenvalue weighted by Gasteiger charge is -2.11. The van der Waals surface area contributed by atoms with E-state index in [0.29, 0.717) is 11.4 Å². The first-order chi connectivity index (χ1) is 10.5. The Bertz CT molecular complexity index is 696. The zero-order valence-corrected chi connectivity index (χ0v) is 12.2. The molecule has 0 heterocycles. The summed E-state index contributed by atoms with van der Waals surface area (Å²) in [6.07, 6.45) is -0.633. The zero-order chi connectivity index (χ0) is 16.1. The molecule has 2 rings (SSSR count). The van der Waals surface area contributed by atoms with E-state index in [4.69, 9.17) is 0 Å². The number of hydrogen-bond acceptors (Lipinski definition) is 6. The Balaban J connectivity index is 2.12. The molecule has 1 atom stereocenters. The van der Waals surface area contributed by atoms with Crippen LogP contribution in [0.5, 0.6) is 0 Å². The average molecular weight is 300 g/mol. The highest BCUT2D eigenvalue weighted by molar-refractivity contribution is 5.57. The Morgan fingerprint density at radius 1 is 1.14 bits per heavy atom. The molecular formula is C15H16N4O3. The van der Waals surface area contributed by atoms with E-state index in [9.17, 15) is 15.2 Å². The van der Waals surface area contributed by atoms with Gasteiger partial charge < -0.3 is 10.4 Å².